The minimum atomic E-state index is 0.424. The van der Waals surface area contributed by atoms with Gasteiger partial charge in [-0.2, -0.15) is 14.9 Å². The Morgan fingerprint density at radius 2 is 2.12 bits per heavy atom. The standard InChI is InChI=1S/C19H20N4O2S/c1-3-24-14-6-4-13(5-7-14)18-21-22-19(26)23(18)20-11-15-8-9-17(25-15)16-10-12(16)2/h4-9,11-12,16H,3,10H2,1-2H3,(H,22,26)/b20-11-/t12-,16+/m1/s1. The predicted molar refractivity (Wildman–Crippen MR) is 102 cm³/mol. The number of hydrogen-bond acceptors (Lipinski definition) is 5. The highest BCUT2D eigenvalue weighted by Gasteiger charge is 2.36. The zero-order valence-corrected chi connectivity index (χ0v) is 15.5. The fourth-order valence-corrected chi connectivity index (χ4v) is 3.10. The van der Waals surface area contributed by atoms with Crippen LogP contribution in [0.3, 0.4) is 0 Å². The van der Waals surface area contributed by atoms with Gasteiger partial charge in [0.1, 0.15) is 17.3 Å². The first-order chi connectivity index (χ1) is 12.7. The van der Waals surface area contributed by atoms with Crippen LogP contribution in [-0.4, -0.2) is 27.7 Å². The van der Waals surface area contributed by atoms with Gasteiger partial charge in [-0.15, -0.1) is 0 Å². The van der Waals surface area contributed by atoms with Crippen molar-refractivity contribution >= 4 is 18.4 Å². The second-order valence-electron chi connectivity index (χ2n) is 6.43. The van der Waals surface area contributed by atoms with E-state index in [-0.39, 0.29) is 0 Å². The number of nitrogens with one attached hydrogen (secondary N) is 1. The predicted octanol–water partition coefficient (Wildman–Crippen LogP) is 4.60. The highest BCUT2D eigenvalue weighted by Crippen LogP contribution is 2.47. The van der Waals surface area contributed by atoms with Crippen molar-refractivity contribution in [1.82, 2.24) is 14.9 Å². The Bertz CT molecular complexity index is 984. The van der Waals surface area contributed by atoms with Crippen molar-refractivity contribution in [3.05, 3.63) is 52.7 Å². The van der Waals surface area contributed by atoms with Gasteiger partial charge in [0.2, 0.25) is 4.77 Å². The van der Waals surface area contributed by atoms with E-state index in [2.05, 4.69) is 22.2 Å². The average molecular weight is 368 g/mol. The molecule has 1 aromatic carbocycles. The van der Waals surface area contributed by atoms with Crippen LogP contribution >= 0.6 is 12.2 Å². The molecule has 2 atom stereocenters. The monoisotopic (exact) mass is 368 g/mol. The number of H-pyrrole nitrogens is 1. The molecular weight excluding hydrogens is 348 g/mol. The van der Waals surface area contributed by atoms with Crippen molar-refractivity contribution < 1.29 is 9.15 Å². The first-order valence-corrected chi connectivity index (χ1v) is 9.11. The molecule has 0 amide bonds. The first kappa shape index (κ1) is 16.8. The third-order valence-corrected chi connectivity index (χ3v) is 4.76. The number of aromatic amines is 1. The molecular formula is C19H20N4O2S. The van der Waals surface area contributed by atoms with E-state index >= 15 is 0 Å². The SMILES string of the molecule is CCOc1ccc(-c2n[nH]c(=S)n2/N=C\c2ccc([C@H]3C[C@H]3C)o2)cc1. The molecule has 3 aromatic rings. The maximum absolute atomic E-state index is 5.86. The number of rotatable bonds is 6. The Kier molecular flexibility index (Phi) is 4.46. The van der Waals surface area contributed by atoms with Crippen LogP contribution in [0.2, 0.25) is 0 Å². The molecule has 1 saturated carbocycles. The van der Waals surface area contributed by atoms with Crippen LogP contribution in [0.5, 0.6) is 5.75 Å². The van der Waals surface area contributed by atoms with Crippen molar-refractivity contribution in [2.75, 3.05) is 6.61 Å². The minimum Gasteiger partial charge on any atom is -0.494 e. The summed E-state index contributed by atoms with van der Waals surface area (Å²) in [5.74, 6) is 4.45. The van der Waals surface area contributed by atoms with Gasteiger partial charge in [-0.3, -0.25) is 0 Å². The van der Waals surface area contributed by atoms with Gasteiger partial charge in [0, 0.05) is 11.5 Å². The topological polar surface area (TPSA) is 68.3 Å². The minimum absolute atomic E-state index is 0.424. The molecule has 0 saturated heterocycles. The molecule has 2 heterocycles. The van der Waals surface area contributed by atoms with E-state index in [0.29, 0.717) is 34.8 Å². The normalized spacial score (nSPS) is 19.2. The van der Waals surface area contributed by atoms with Gasteiger partial charge in [0.15, 0.2) is 5.82 Å². The molecule has 0 spiro atoms. The van der Waals surface area contributed by atoms with E-state index in [1.807, 2.05) is 43.3 Å². The Morgan fingerprint density at radius 3 is 2.81 bits per heavy atom. The molecule has 6 nitrogen and oxygen atoms in total. The number of ether oxygens (including phenoxy) is 1. The summed E-state index contributed by atoms with van der Waals surface area (Å²) in [5, 5.41) is 11.5. The third kappa shape index (κ3) is 3.35. The second kappa shape index (κ2) is 6.92. The van der Waals surface area contributed by atoms with Crippen molar-refractivity contribution in [3.63, 3.8) is 0 Å². The molecule has 7 heteroatoms. The lowest BCUT2D eigenvalue weighted by Gasteiger charge is -2.04. The molecule has 2 aromatic heterocycles. The Hall–Kier alpha value is -2.67. The first-order valence-electron chi connectivity index (χ1n) is 8.70. The molecule has 1 aliphatic carbocycles. The fraction of sp³-hybridized carbons (Fsp3) is 0.316. The van der Waals surface area contributed by atoms with Gasteiger partial charge in [-0.1, -0.05) is 6.92 Å². The molecule has 1 N–H and O–H groups in total. The molecule has 0 radical (unpaired) electrons. The third-order valence-electron chi connectivity index (χ3n) is 4.50. The number of nitrogens with zero attached hydrogens (tertiary/aromatic N) is 3. The van der Waals surface area contributed by atoms with Crippen LogP contribution in [0.4, 0.5) is 0 Å². The molecule has 4 rings (SSSR count). The summed E-state index contributed by atoms with van der Waals surface area (Å²) >= 11 is 5.30. The van der Waals surface area contributed by atoms with E-state index in [9.17, 15) is 0 Å². The molecule has 0 unspecified atom stereocenters. The van der Waals surface area contributed by atoms with E-state index in [1.54, 1.807) is 10.9 Å². The maximum Gasteiger partial charge on any atom is 0.216 e. The summed E-state index contributed by atoms with van der Waals surface area (Å²) in [4.78, 5) is 0. The molecule has 1 aliphatic rings. The number of hydrogen-bond donors (Lipinski definition) is 1. The number of aromatic nitrogens is 3. The van der Waals surface area contributed by atoms with E-state index in [4.69, 9.17) is 21.4 Å². The Balaban J connectivity index is 1.58. The van der Waals surface area contributed by atoms with Crippen molar-refractivity contribution in [2.24, 2.45) is 11.0 Å². The van der Waals surface area contributed by atoms with Crippen LogP contribution in [-0.2, 0) is 0 Å². The fourth-order valence-electron chi connectivity index (χ4n) is 2.92. The lowest BCUT2D eigenvalue weighted by atomic mass is 10.2. The van der Waals surface area contributed by atoms with Crippen molar-refractivity contribution in [1.29, 1.82) is 0 Å². The second-order valence-corrected chi connectivity index (χ2v) is 6.81. The van der Waals surface area contributed by atoms with Crippen molar-refractivity contribution in [3.8, 4) is 17.1 Å². The van der Waals surface area contributed by atoms with Crippen LogP contribution in [0.15, 0.2) is 45.9 Å². The maximum atomic E-state index is 5.86. The lowest BCUT2D eigenvalue weighted by molar-refractivity contribution is 0.340. The summed E-state index contributed by atoms with van der Waals surface area (Å²) in [6, 6.07) is 11.6. The summed E-state index contributed by atoms with van der Waals surface area (Å²) in [6.45, 7) is 4.82. The zero-order valence-electron chi connectivity index (χ0n) is 14.7. The summed E-state index contributed by atoms with van der Waals surface area (Å²) in [7, 11) is 0. The van der Waals surface area contributed by atoms with Crippen LogP contribution in [0.1, 0.15) is 37.7 Å². The van der Waals surface area contributed by atoms with Crippen LogP contribution < -0.4 is 4.74 Å². The Labute approximate surface area is 156 Å². The largest absolute Gasteiger partial charge is 0.494 e. The molecule has 0 aliphatic heterocycles. The smallest absolute Gasteiger partial charge is 0.216 e. The van der Waals surface area contributed by atoms with Gasteiger partial charge in [-0.05, 0) is 67.9 Å². The van der Waals surface area contributed by atoms with Crippen LogP contribution in [0.25, 0.3) is 11.4 Å². The molecule has 26 heavy (non-hydrogen) atoms. The summed E-state index contributed by atoms with van der Waals surface area (Å²) in [6.07, 6.45) is 2.86. The number of benzene rings is 1. The van der Waals surface area contributed by atoms with E-state index in [1.165, 1.54) is 6.42 Å². The summed E-state index contributed by atoms with van der Waals surface area (Å²) in [5.41, 5.74) is 0.893. The van der Waals surface area contributed by atoms with Gasteiger partial charge in [-0.25, -0.2) is 5.10 Å². The van der Waals surface area contributed by atoms with Gasteiger partial charge in [0.05, 0.1) is 12.8 Å². The van der Waals surface area contributed by atoms with Gasteiger partial charge in [0.25, 0.3) is 0 Å². The highest BCUT2D eigenvalue weighted by molar-refractivity contribution is 7.71. The highest BCUT2D eigenvalue weighted by atomic mass is 32.1. The van der Waals surface area contributed by atoms with E-state index < -0.39 is 0 Å². The quantitative estimate of drug-likeness (QED) is 0.510. The van der Waals surface area contributed by atoms with Crippen molar-refractivity contribution in [2.45, 2.75) is 26.2 Å². The molecule has 1 fully saturated rings. The van der Waals surface area contributed by atoms with E-state index in [0.717, 1.165) is 17.1 Å². The van der Waals surface area contributed by atoms with Gasteiger partial charge >= 0.3 is 0 Å². The number of furan rings is 1. The summed E-state index contributed by atoms with van der Waals surface area (Å²) < 4.78 is 13.3. The van der Waals surface area contributed by atoms with Crippen LogP contribution in [0, 0.1) is 10.7 Å². The lowest BCUT2D eigenvalue weighted by Crippen LogP contribution is -1.95. The average Bonchev–Trinajstić information content (AvgIpc) is 3.04. The Morgan fingerprint density at radius 1 is 1.35 bits per heavy atom. The molecule has 0 bridgehead atoms. The zero-order chi connectivity index (χ0) is 18.1. The molecule has 134 valence electrons. The van der Waals surface area contributed by atoms with Gasteiger partial charge < -0.3 is 9.15 Å².